The second-order valence-corrected chi connectivity index (χ2v) is 2.88. The van der Waals surface area contributed by atoms with Gasteiger partial charge in [0.15, 0.2) is 0 Å². The van der Waals surface area contributed by atoms with Gasteiger partial charge in [-0.2, -0.15) is 8.42 Å². The zero-order valence-corrected chi connectivity index (χ0v) is 11.9. The first-order chi connectivity index (χ1) is 4.00. The van der Waals surface area contributed by atoms with Gasteiger partial charge in [0, 0.05) is 0 Å². The van der Waals surface area contributed by atoms with Crippen LogP contribution in [0, 0.1) is 0 Å². The normalized spacial score (nSPS) is 9.75. The van der Waals surface area contributed by atoms with E-state index < -0.39 is 18.2 Å². The summed E-state index contributed by atoms with van der Waals surface area (Å²) in [4.78, 5) is 21.6. The molecule has 72 valence electrons. The Morgan fingerprint density at radius 3 is 1.08 bits per heavy atom. The number of hydrogen-bond donors (Lipinski definition) is 5. The molecule has 0 aliphatic rings. The van der Waals surface area contributed by atoms with Gasteiger partial charge in [-0.1, -0.05) is 0 Å². The molecule has 0 fully saturated rings. The van der Waals surface area contributed by atoms with Crippen molar-refractivity contribution in [2.45, 2.75) is 0 Å². The molecular weight excluding hydrogens is 271 g/mol. The molecule has 0 unspecified atom stereocenters. The second-order valence-electron chi connectivity index (χ2n) is 0.961. The van der Waals surface area contributed by atoms with Gasteiger partial charge >= 0.3 is 96.6 Å². The van der Waals surface area contributed by atoms with Crippen LogP contribution in [0.3, 0.4) is 0 Å². The Morgan fingerprint density at radius 2 is 1.08 bits per heavy atom. The zero-order chi connectivity index (χ0) is 9.00. The Kier molecular flexibility index (Phi) is 20.0. The minimum absolute atomic E-state index is 0. The third kappa shape index (κ3) is 265. The van der Waals surface area contributed by atoms with E-state index in [9.17, 15) is 0 Å². The van der Waals surface area contributed by atoms with Crippen LogP contribution in [-0.2, 0) is 15.0 Å². The van der Waals surface area contributed by atoms with Gasteiger partial charge in [0.2, 0.25) is 0 Å². The van der Waals surface area contributed by atoms with Crippen LogP contribution < -0.4 is 0 Å². The third-order valence-electron chi connectivity index (χ3n) is 0. The first-order valence-electron chi connectivity index (χ1n) is 1.48. The maximum atomic E-state index is 8.88. The molecule has 0 rings (SSSR count). The van der Waals surface area contributed by atoms with Crippen molar-refractivity contribution in [3.63, 3.8) is 0 Å². The van der Waals surface area contributed by atoms with Gasteiger partial charge < -0.3 is 20.4 Å². The number of hydrogen-bond acceptors (Lipinski definition) is 3. The predicted octanol–water partition coefficient (Wildman–Crippen LogP) is -1.67. The van der Waals surface area contributed by atoms with Crippen molar-refractivity contribution in [2.24, 2.45) is 0 Å². The first-order valence-corrected chi connectivity index (χ1v) is 4.44. The summed E-state index contributed by atoms with van der Waals surface area (Å²) in [6, 6.07) is 0. The van der Waals surface area contributed by atoms with Crippen molar-refractivity contribution in [2.75, 3.05) is 0 Å². The van der Waals surface area contributed by atoms with Crippen molar-refractivity contribution in [3.05, 3.63) is 0 Å². The fourth-order valence-corrected chi connectivity index (χ4v) is 0. The van der Waals surface area contributed by atoms with E-state index >= 15 is 0 Å². The molecule has 0 bridgehead atoms. The molecule has 0 spiro atoms. The topological polar surface area (TPSA) is 152 Å². The first kappa shape index (κ1) is 24.0. The van der Waals surface area contributed by atoms with E-state index in [1.807, 2.05) is 0 Å². The van der Waals surface area contributed by atoms with Crippen LogP contribution in [0.4, 0.5) is 0 Å². The molecule has 5 N–H and O–H groups in total. The molecule has 0 aromatic rings. The van der Waals surface area contributed by atoms with E-state index in [1.165, 1.54) is 0 Å². The minimum atomic E-state index is -4.67. The summed E-state index contributed by atoms with van der Waals surface area (Å²) >= 11 is 0. The second kappa shape index (κ2) is 10.0. The molecule has 0 saturated heterocycles. The fraction of sp³-hybridized carbons (Fsp3) is 0. The van der Waals surface area contributed by atoms with Gasteiger partial charge in [-0.15, -0.1) is 0 Å². The summed E-state index contributed by atoms with van der Waals surface area (Å²) in [5, 5.41) is 0. The largest absolute Gasteiger partial charge is 2.00 e. The fourth-order valence-electron chi connectivity index (χ4n) is 0. The molecule has 0 aromatic carbocycles. The Hall–Kier alpha value is 2.50. The van der Waals surface area contributed by atoms with Gasteiger partial charge in [-0.05, 0) is 0 Å². The summed E-state index contributed by atoms with van der Waals surface area (Å²) < 4.78 is 40.5. The summed E-state index contributed by atoms with van der Waals surface area (Å²) in [5.41, 5.74) is 0. The molecule has 0 aromatic heterocycles. The van der Waals surface area contributed by atoms with E-state index in [4.69, 9.17) is 36.8 Å². The maximum absolute atomic E-state index is 8.88. The average Bonchev–Trinajstić information content (AvgIpc) is 1.12. The van der Waals surface area contributed by atoms with Crippen molar-refractivity contribution in [1.82, 2.24) is 0 Å². The monoisotopic (exact) mass is 282 g/mol. The molecule has 0 aliphatic carbocycles. The Morgan fingerprint density at radius 1 is 1.08 bits per heavy atom. The van der Waals surface area contributed by atoms with E-state index in [-0.39, 0.29) is 84.0 Å². The van der Waals surface area contributed by atoms with Crippen LogP contribution in [0.1, 0.15) is 8.56 Å². The van der Waals surface area contributed by atoms with Crippen molar-refractivity contribution in [1.29, 1.82) is 0 Å². The predicted molar refractivity (Wildman–Crippen MR) is 46.6 cm³/mol. The molecule has 0 amide bonds. The van der Waals surface area contributed by atoms with Crippen LogP contribution in [0.5, 0.6) is 0 Å². The molecule has 12 heteroatoms. The van der Waals surface area contributed by atoms with Crippen molar-refractivity contribution in [3.8, 4) is 0 Å². The van der Waals surface area contributed by atoms with Gasteiger partial charge in [-0.3, -0.25) is 9.11 Å². The van der Waals surface area contributed by atoms with Gasteiger partial charge in [0.25, 0.3) is 0 Å². The summed E-state index contributed by atoms with van der Waals surface area (Å²) in [7, 11) is -9.31. The number of phosphoric acid groups is 1. The SMILES string of the molecule is O=P(O)(O)O.O=S(=O)(O)O.[Ca+2].[Ca+2].[H+].[H+].[H-].[H-].[H-].[H-]. The Labute approximate surface area is 137 Å². The van der Waals surface area contributed by atoms with Gasteiger partial charge in [0.1, 0.15) is 0 Å². The van der Waals surface area contributed by atoms with Crippen molar-refractivity contribution >= 4 is 93.7 Å². The smallest absolute Gasteiger partial charge is 1.00 e. The van der Waals surface area contributed by atoms with E-state index in [0.29, 0.717) is 0 Å². The summed E-state index contributed by atoms with van der Waals surface area (Å²) in [5.74, 6) is 0. The molecule has 0 aliphatic heterocycles. The Bertz CT molecular complexity index is 211. The molecule has 0 atom stereocenters. The molecule has 0 radical (unpaired) electrons. The molecule has 8 nitrogen and oxygen atoms in total. The minimum Gasteiger partial charge on any atom is -1.00 e. The van der Waals surface area contributed by atoms with Crippen LogP contribution in [0.15, 0.2) is 0 Å². The van der Waals surface area contributed by atoms with Crippen LogP contribution >= 0.6 is 7.82 Å². The van der Waals surface area contributed by atoms with Crippen LogP contribution in [-0.4, -0.2) is 108 Å². The van der Waals surface area contributed by atoms with Gasteiger partial charge in [-0.25, -0.2) is 4.57 Å². The standard InChI is InChI=1S/2Ca.H3O4P.H2O4S.4H/c;;2*1-5(2,3)4;;;;/h;;(H3,1,2,3,4);(H2,1,2,3,4);;;;/q2*+2;;;4*-1/p+2. The van der Waals surface area contributed by atoms with E-state index in [2.05, 4.69) is 0 Å². The Balaban J connectivity index is -0.00000000615. The summed E-state index contributed by atoms with van der Waals surface area (Å²) in [6.45, 7) is 0. The molecule has 12 heavy (non-hydrogen) atoms. The quantitative estimate of drug-likeness (QED) is 0.201. The third-order valence-corrected chi connectivity index (χ3v) is 0. The van der Waals surface area contributed by atoms with E-state index in [1.54, 1.807) is 0 Å². The average molecular weight is 282 g/mol. The zero-order valence-electron chi connectivity index (χ0n) is 11.7. The molecular formula is H11Ca2O8PS+2. The van der Waals surface area contributed by atoms with Gasteiger partial charge in [0.05, 0.1) is 0 Å². The van der Waals surface area contributed by atoms with E-state index in [0.717, 1.165) is 0 Å². The summed E-state index contributed by atoms with van der Waals surface area (Å²) in [6.07, 6.45) is 0. The van der Waals surface area contributed by atoms with Crippen molar-refractivity contribution < 1.29 is 45.3 Å². The molecule has 0 saturated carbocycles. The molecule has 0 heterocycles. The maximum Gasteiger partial charge on any atom is 2.00 e. The van der Waals surface area contributed by atoms with Crippen LogP contribution in [0.25, 0.3) is 0 Å². The number of rotatable bonds is 0. The van der Waals surface area contributed by atoms with Crippen LogP contribution in [0.2, 0.25) is 0 Å².